The molecule has 2 aromatic heterocycles. The van der Waals surface area contributed by atoms with E-state index in [-0.39, 0.29) is 24.1 Å². The van der Waals surface area contributed by atoms with Crippen molar-refractivity contribution in [1.82, 2.24) is 14.3 Å². The van der Waals surface area contributed by atoms with Gasteiger partial charge in [0.15, 0.2) is 0 Å². The van der Waals surface area contributed by atoms with Gasteiger partial charge in [-0.05, 0) is 50.6 Å². The van der Waals surface area contributed by atoms with Crippen molar-refractivity contribution in [2.24, 2.45) is 0 Å². The minimum absolute atomic E-state index is 0.152. The number of ether oxygens (including phenoxy) is 1. The average molecular weight is 359 g/mol. The van der Waals surface area contributed by atoms with Gasteiger partial charge in [0.2, 0.25) is 5.91 Å². The number of fused-ring (bicyclic) bond motifs is 3. The molecule has 138 valence electrons. The van der Waals surface area contributed by atoms with Gasteiger partial charge < -0.3 is 14.5 Å². The summed E-state index contributed by atoms with van der Waals surface area (Å²) in [4.78, 5) is 25.0. The monoisotopic (exact) mass is 359 g/mol. The quantitative estimate of drug-likeness (QED) is 0.659. The van der Waals surface area contributed by atoms with E-state index in [0.717, 1.165) is 0 Å². The lowest BCUT2D eigenvalue weighted by atomic mass is 10.2. The SMILES string of the molecule is CC(C)OCCCNC(=O)Cn1c(=O)c2cccn2c2ccc(F)cc21. The third-order valence-electron chi connectivity index (χ3n) is 4.10. The minimum atomic E-state index is -0.455. The van der Waals surface area contributed by atoms with Crippen molar-refractivity contribution >= 4 is 22.5 Å². The summed E-state index contributed by atoms with van der Waals surface area (Å²) in [7, 11) is 0. The highest BCUT2D eigenvalue weighted by Crippen LogP contribution is 2.16. The molecule has 0 saturated carbocycles. The molecule has 3 aromatic rings. The van der Waals surface area contributed by atoms with Crippen molar-refractivity contribution in [2.75, 3.05) is 13.2 Å². The highest BCUT2D eigenvalue weighted by atomic mass is 19.1. The normalized spacial score (nSPS) is 11.5. The van der Waals surface area contributed by atoms with Crippen molar-refractivity contribution < 1.29 is 13.9 Å². The van der Waals surface area contributed by atoms with Gasteiger partial charge in [0, 0.05) is 19.3 Å². The van der Waals surface area contributed by atoms with Crippen LogP contribution in [-0.4, -0.2) is 34.1 Å². The molecule has 0 bridgehead atoms. The van der Waals surface area contributed by atoms with Crippen molar-refractivity contribution in [3.05, 3.63) is 52.7 Å². The highest BCUT2D eigenvalue weighted by molar-refractivity contribution is 5.82. The summed E-state index contributed by atoms with van der Waals surface area (Å²) < 4.78 is 22.2. The number of aromatic nitrogens is 2. The van der Waals surface area contributed by atoms with Crippen LogP contribution in [0.25, 0.3) is 16.6 Å². The van der Waals surface area contributed by atoms with E-state index in [0.29, 0.717) is 36.1 Å². The van der Waals surface area contributed by atoms with Gasteiger partial charge in [-0.2, -0.15) is 0 Å². The van der Waals surface area contributed by atoms with Gasteiger partial charge in [-0.1, -0.05) is 0 Å². The molecule has 0 aliphatic carbocycles. The molecule has 2 heterocycles. The lowest BCUT2D eigenvalue weighted by molar-refractivity contribution is -0.121. The number of hydrogen-bond acceptors (Lipinski definition) is 3. The summed E-state index contributed by atoms with van der Waals surface area (Å²) in [6, 6.07) is 7.65. The van der Waals surface area contributed by atoms with Crippen LogP contribution in [0.4, 0.5) is 4.39 Å². The number of nitrogens with zero attached hydrogens (tertiary/aromatic N) is 2. The Labute approximate surface area is 150 Å². The molecule has 26 heavy (non-hydrogen) atoms. The molecule has 6 nitrogen and oxygen atoms in total. The van der Waals surface area contributed by atoms with Crippen molar-refractivity contribution in [3.63, 3.8) is 0 Å². The van der Waals surface area contributed by atoms with E-state index in [2.05, 4.69) is 5.32 Å². The maximum Gasteiger partial charge on any atom is 0.275 e. The second-order valence-electron chi connectivity index (χ2n) is 6.41. The van der Waals surface area contributed by atoms with Crippen LogP contribution in [0, 0.1) is 5.82 Å². The zero-order valence-electron chi connectivity index (χ0n) is 14.9. The molecule has 1 amide bonds. The van der Waals surface area contributed by atoms with Crippen LogP contribution in [0.15, 0.2) is 41.3 Å². The number of carbonyl (C=O) groups excluding carboxylic acids is 1. The molecule has 3 rings (SSSR count). The summed E-state index contributed by atoms with van der Waals surface area (Å²) >= 11 is 0. The van der Waals surface area contributed by atoms with Gasteiger partial charge >= 0.3 is 0 Å². The molecule has 0 aliphatic heterocycles. The van der Waals surface area contributed by atoms with Crippen molar-refractivity contribution in [2.45, 2.75) is 32.9 Å². The summed E-state index contributed by atoms with van der Waals surface area (Å²) in [5, 5.41) is 2.77. The molecule has 0 saturated heterocycles. The van der Waals surface area contributed by atoms with Gasteiger partial charge in [-0.15, -0.1) is 0 Å². The first-order chi connectivity index (χ1) is 12.5. The van der Waals surface area contributed by atoms with Gasteiger partial charge in [0.25, 0.3) is 5.56 Å². The molecular formula is C19H22FN3O3. The zero-order chi connectivity index (χ0) is 18.7. The first-order valence-electron chi connectivity index (χ1n) is 8.65. The summed E-state index contributed by atoms with van der Waals surface area (Å²) in [5.74, 6) is -0.749. The van der Waals surface area contributed by atoms with Crippen LogP contribution in [0.1, 0.15) is 20.3 Å². The number of hydrogen-bond donors (Lipinski definition) is 1. The second kappa shape index (κ2) is 7.70. The number of amides is 1. The Bertz CT molecular complexity index is 991. The number of rotatable bonds is 7. The van der Waals surface area contributed by atoms with Crippen molar-refractivity contribution in [3.8, 4) is 0 Å². The fourth-order valence-corrected chi connectivity index (χ4v) is 2.90. The lowest BCUT2D eigenvalue weighted by Crippen LogP contribution is -2.34. The van der Waals surface area contributed by atoms with Gasteiger partial charge in [0.05, 0.1) is 17.1 Å². The smallest absolute Gasteiger partial charge is 0.275 e. The molecule has 0 radical (unpaired) electrons. The van der Waals surface area contributed by atoms with Crippen LogP contribution >= 0.6 is 0 Å². The van der Waals surface area contributed by atoms with Crippen LogP contribution in [0.5, 0.6) is 0 Å². The molecule has 7 heteroatoms. The molecule has 0 atom stereocenters. The largest absolute Gasteiger partial charge is 0.379 e. The van der Waals surface area contributed by atoms with E-state index in [1.807, 2.05) is 13.8 Å². The van der Waals surface area contributed by atoms with E-state index >= 15 is 0 Å². The van der Waals surface area contributed by atoms with Gasteiger partial charge in [0.1, 0.15) is 17.9 Å². The maximum absolute atomic E-state index is 13.7. The molecular weight excluding hydrogens is 337 g/mol. The standard InChI is InChI=1S/C19H22FN3O3/c1-13(2)26-10-4-8-21-18(24)12-23-17-11-14(20)6-7-15(17)22-9-3-5-16(22)19(23)25/h3,5-7,9,11,13H,4,8,10,12H2,1-2H3,(H,21,24). The first kappa shape index (κ1) is 18.1. The lowest BCUT2D eigenvalue weighted by Gasteiger charge is -2.13. The first-order valence-corrected chi connectivity index (χ1v) is 8.65. The summed E-state index contributed by atoms with van der Waals surface area (Å²) in [6.45, 7) is 4.76. The molecule has 0 unspecified atom stereocenters. The van der Waals surface area contributed by atoms with E-state index < -0.39 is 5.82 Å². The van der Waals surface area contributed by atoms with Crippen LogP contribution in [0.3, 0.4) is 0 Å². The Morgan fingerprint density at radius 2 is 2.04 bits per heavy atom. The Balaban J connectivity index is 1.82. The number of halogens is 1. The summed E-state index contributed by atoms with van der Waals surface area (Å²) in [6.07, 6.45) is 2.58. The van der Waals surface area contributed by atoms with Gasteiger partial charge in [-0.25, -0.2) is 4.39 Å². The van der Waals surface area contributed by atoms with Crippen LogP contribution in [-0.2, 0) is 16.1 Å². The maximum atomic E-state index is 13.7. The molecule has 0 spiro atoms. The fourth-order valence-electron chi connectivity index (χ4n) is 2.90. The number of benzene rings is 1. The Morgan fingerprint density at radius 1 is 1.23 bits per heavy atom. The average Bonchev–Trinajstić information content (AvgIpc) is 3.08. The summed E-state index contributed by atoms with van der Waals surface area (Å²) in [5.41, 5.74) is 1.18. The van der Waals surface area contributed by atoms with Crippen LogP contribution < -0.4 is 10.9 Å². The highest BCUT2D eigenvalue weighted by Gasteiger charge is 2.13. The van der Waals surface area contributed by atoms with E-state index in [4.69, 9.17) is 4.74 Å². The number of carbonyl (C=O) groups is 1. The predicted octanol–water partition coefficient (Wildman–Crippen LogP) is 2.32. The molecule has 0 fully saturated rings. The fraction of sp³-hybridized carbons (Fsp3) is 0.368. The Kier molecular flexibility index (Phi) is 5.37. The Morgan fingerprint density at radius 3 is 2.81 bits per heavy atom. The second-order valence-corrected chi connectivity index (χ2v) is 6.41. The topological polar surface area (TPSA) is 64.7 Å². The third-order valence-corrected chi connectivity index (χ3v) is 4.10. The van der Waals surface area contributed by atoms with Crippen molar-refractivity contribution in [1.29, 1.82) is 0 Å². The van der Waals surface area contributed by atoms with E-state index in [1.165, 1.54) is 16.7 Å². The van der Waals surface area contributed by atoms with Crippen LogP contribution in [0.2, 0.25) is 0 Å². The number of nitrogens with one attached hydrogen (secondary N) is 1. The molecule has 1 aromatic carbocycles. The van der Waals surface area contributed by atoms with E-state index in [1.54, 1.807) is 28.8 Å². The minimum Gasteiger partial charge on any atom is -0.379 e. The molecule has 1 N–H and O–H groups in total. The predicted molar refractivity (Wildman–Crippen MR) is 97.8 cm³/mol. The molecule has 0 aliphatic rings. The third kappa shape index (κ3) is 3.77. The Hall–Kier alpha value is -2.67. The zero-order valence-corrected chi connectivity index (χ0v) is 14.9. The van der Waals surface area contributed by atoms with E-state index in [9.17, 15) is 14.0 Å². The van der Waals surface area contributed by atoms with Gasteiger partial charge in [-0.3, -0.25) is 14.2 Å².